The lowest BCUT2D eigenvalue weighted by atomic mass is 10.1. The van der Waals surface area contributed by atoms with Gasteiger partial charge in [0, 0.05) is 5.92 Å². The molecule has 2 nitrogen and oxygen atoms in total. The van der Waals surface area contributed by atoms with Crippen LogP contribution in [0.4, 0.5) is 0 Å². The number of carbonyl (C=O) groups excluding carboxylic acids is 1. The van der Waals surface area contributed by atoms with Gasteiger partial charge in [-0.1, -0.05) is 6.92 Å². The molecule has 0 aromatic rings. The van der Waals surface area contributed by atoms with Crippen molar-refractivity contribution in [1.82, 2.24) is 0 Å². The molecule has 2 heteroatoms. The number of carbonyl (C=O) groups is 1. The number of ketones is 1. The molecule has 0 heterocycles. The predicted octanol–water partition coefficient (Wildman–Crippen LogP) is 1.52. The van der Waals surface area contributed by atoms with Crippen LogP contribution in [0.5, 0.6) is 0 Å². The van der Waals surface area contributed by atoms with E-state index in [0.717, 1.165) is 12.0 Å². The molecule has 0 spiro atoms. The molecule has 0 saturated carbocycles. The van der Waals surface area contributed by atoms with Gasteiger partial charge in [0.25, 0.3) is 0 Å². The number of allylic oxidation sites excluding steroid dienone is 2. The lowest BCUT2D eigenvalue weighted by molar-refractivity contribution is -0.120. The van der Waals surface area contributed by atoms with E-state index >= 15 is 0 Å². The summed E-state index contributed by atoms with van der Waals surface area (Å²) in [5.74, 6) is 0.863. The quantitative estimate of drug-likeness (QED) is 0.552. The van der Waals surface area contributed by atoms with Crippen LogP contribution in [0.3, 0.4) is 0 Å². The normalized spacial score (nSPS) is 25.9. The highest BCUT2D eigenvalue weighted by molar-refractivity contribution is 5.98. The second-order valence-electron chi connectivity index (χ2n) is 2.78. The van der Waals surface area contributed by atoms with Crippen LogP contribution < -0.4 is 0 Å². The van der Waals surface area contributed by atoms with Gasteiger partial charge in [0.15, 0.2) is 11.5 Å². The van der Waals surface area contributed by atoms with E-state index in [9.17, 15) is 4.79 Å². The van der Waals surface area contributed by atoms with Crippen LogP contribution >= 0.6 is 0 Å². The summed E-state index contributed by atoms with van der Waals surface area (Å²) in [6, 6.07) is 0. The highest BCUT2D eigenvalue weighted by atomic mass is 16.5. The number of methoxy groups -OCH3 is 1. The Hall–Kier alpha value is -0.790. The fourth-order valence-electron chi connectivity index (χ4n) is 1.35. The zero-order valence-electron chi connectivity index (χ0n) is 6.60. The van der Waals surface area contributed by atoms with E-state index in [1.165, 1.54) is 0 Å². The molecule has 10 heavy (non-hydrogen) atoms. The topological polar surface area (TPSA) is 26.3 Å². The number of hydrogen-bond donors (Lipinski definition) is 0. The average molecular weight is 140 g/mol. The first kappa shape index (κ1) is 7.32. The number of ether oxygens (including phenoxy) is 1. The van der Waals surface area contributed by atoms with Crippen LogP contribution in [-0.2, 0) is 9.53 Å². The molecule has 1 rings (SSSR count). The Morgan fingerprint density at radius 3 is 2.40 bits per heavy atom. The standard InChI is InChI=1S/C8H12O2/c1-5-4-6(2)8(10-3)7(5)9/h5H,4H2,1-3H3. The SMILES string of the molecule is COC1=C(C)CC(C)C1=O. The minimum Gasteiger partial charge on any atom is -0.493 e. The minimum absolute atomic E-state index is 0.134. The van der Waals surface area contributed by atoms with Crippen molar-refractivity contribution in [2.24, 2.45) is 5.92 Å². The molecule has 56 valence electrons. The fraction of sp³-hybridized carbons (Fsp3) is 0.625. The van der Waals surface area contributed by atoms with Crippen molar-refractivity contribution < 1.29 is 9.53 Å². The van der Waals surface area contributed by atoms with Crippen molar-refractivity contribution in [3.63, 3.8) is 0 Å². The summed E-state index contributed by atoms with van der Waals surface area (Å²) < 4.78 is 4.94. The van der Waals surface area contributed by atoms with E-state index in [0.29, 0.717) is 5.76 Å². The summed E-state index contributed by atoms with van der Waals surface area (Å²) in [7, 11) is 1.55. The Labute approximate surface area is 60.9 Å². The van der Waals surface area contributed by atoms with Gasteiger partial charge in [0.2, 0.25) is 0 Å². The first-order valence-electron chi connectivity index (χ1n) is 3.44. The molecule has 0 fully saturated rings. The van der Waals surface area contributed by atoms with E-state index < -0.39 is 0 Å². The van der Waals surface area contributed by atoms with Gasteiger partial charge in [0.05, 0.1) is 7.11 Å². The third-order valence-corrected chi connectivity index (χ3v) is 1.88. The van der Waals surface area contributed by atoms with Gasteiger partial charge in [-0.2, -0.15) is 0 Å². The monoisotopic (exact) mass is 140 g/mol. The molecule has 1 aliphatic carbocycles. The second kappa shape index (κ2) is 2.45. The summed E-state index contributed by atoms with van der Waals surface area (Å²) in [6.07, 6.45) is 0.863. The van der Waals surface area contributed by atoms with Crippen LogP contribution in [0.25, 0.3) is 0 Å². The summed E-state index contributed by atoms with van der Waals surface area (Å²) >= 11 is 0. The Kier molecular flexibility index (Phi) is 1.79. The maximum atomic E-state index is 11.2. The lowest BCUT2D eigenvalue weighted by Gasteiger charge is -1.99. The van der Waals surface area contributed by atoms with E-state index in [1.807, 2.05) is 13.8 Å². The van der Waals surface area contributed by atoms with Gasteiger partial charge in [-0.25, -0.2) is 0 Å². The van der Waals surface area contributed by atoms with Crippen molar-refractivity contribution in [3.8, 4) is 0 Å². The van der Waals surface area contributed by atoms with Crippen molar-refractivity contribution in [1.29, 1.82) is 0 Å². The first-order valence-corrected chi connectivity index (χ1v) is 3.44. The first-order chi connectivity index (χ1) is 4.66. The Morgan fingerprint density at radius 2 is 2.20 bits per heavy atom. The summed E-state index contributed by atoms with van der Waals surface area (Å²) in [6.45, 7) is 3.87. The predicted molar refractivity (Wildman–Crippen MR) is 38.5 cm³/mol. The number of Topliss-reactive ketones (excluding diaryl/α,β-unsaturated/α-hetero) is 1. The number of hydrogen-bond acceptors (Lipinski definition) is 2. The molecule has 1 aliphatic rings. The van der Waals surface area contributed by atoms with Crippen LogP contribution in [0.1, 0.15) is 20.3 Å². The van der Waals surface area contributed by atoms with Crippen molar-refractivity contribution in [2.45, 2.75) is 20.3 Å². The third kappa shape index (κ3) is 0.939. The summed E-state index contributed by atoms with van der Waals surface area (Å²) in [5.41, 5.74) is 1.08. The molecule has 0 bridgehead atoms. The van der Waals surface area contributed by atoms with Crippen molar-refractivity contribution in [2.75, 3.05) is 7.11 Å². The molecule has 1 atom stereocenters. The molecular formula is C8H12O2. The zero-order chi connectivity index (χ0) is 7.72. The molecule has 1 unspecified atom stereocenters. The van der Waals surface area contributed by atoms with E-state index in [2.05, 4.69) is 0 Å². The molecule has 0 aromatic carbocycles. The molecule has 0 aromatic heterocycles. The number of rotatable bonds is 1. The largest absolute Gasteiger partial charge is 0.493 e. The zero-order valence-corrected chi connectivity index (χ0v) is 6.60. The molecule has 0 amide bonds. The highest BCUT2D eigenvalue weighted by Crippen LogP contribution is 2.27. The summed E-state index contributed by atoms with van der Waals surface area (Å²) in [5, 5.41) is 0. The smallest absolute Gasteiger partial charge is 0.200 e. The Bertz CT molecular complexity index is 191. The van der Waals surface area contributed by atoms with E-state index in [-0.39, 0.29) is 11.7 Å². The van der Waals surface area contributed by atoms with Gasteiger partial charge in [-0.3, -0.25) is 4.79 Å². The molecule has 0 aliphatic heterocycles. The molecule has 0 saturated heterocycles. The van der Waals surface area contributed by atoms with Crippen LogP contribution in [-0.4, -0.2) is 12.9 Å². The van der Waals surface area contributed by atoms with Gasteiger partial charge >= 0.3 is 0 Å². The van der Waals surface area contributed by atoms with Gasteiger partial charge in [0.1, 0.15) is 0 Å². The second-order valence-corrected chi connectivity index (χ2v) is 2.78. The van der Waals surface area contributed by atoms with Crippen LogP contribution in [0.2, 0.25) is 0 Å². The van der Waals surface area contributed by atoms with Crippen LogP contribution in [0, 0.1) is 5.92 Å². The third-order valence-electron chi connectivity index (χ3n) is 1.88. The average Bonchev–Trinajstić information content (AvgIpc) is 2.09. The van der Waals surface area contributed by atoms with Gasteiger partial charge < -0.3 is 4.74 Å². The van der Waals surface area contributed by atoms with Crippen LogP contribution in [0.15, 0.2) is 11.3 Å². The van der Waals surface area contributed by atoms with Crippen molar-refractivity contribution >= 4 is 5.78 Å². The lowest BCUT2D eigenvalue weighted by Crippen LogP contribution is -2.06. The van der Waals surface area contributed by atoms with E-state index in [4.69, 9.17) is 4.74 Å². The maximum Gasteiger partial charge on any atom is 0.200 e. The maximum absolute atomic E-state index is 11.2. The van der Waals surface area contributed by atoms with Gasteiger partial charge in [-0.15, -0.1) is 0 Å². The molecule has 0 N–H and O–H groups in total. The fourth-order valence-corrected chi connectivity index (χ4v) is 1.35. The Balaban J connectivity index is 2.85. The minimum atomic E-state index is 0.134. The Morgan fingerprint density at radius 1 is 1.60 bits per heavy atom. The highest BCUT2D eigenvalue weighted by Gasteiger charge is 2.27. The van der Waals surface area contributed by atoms with Gasteiger partial charge in [-0.05, 0) is 18.9 Å². The van der Waals surface area contributed by atoms with Crippen molar-refractivity contribution in [3.05, 3.63) is 11.3 Å². The van der Waals surface area contributed by atoms with E-state index in [1.54, 1.807) is 7.11 Å². The summed E-state index contributed by atoms with van der Waals surface area (Å²) in [4.78, 5) is 11.2. The molecular weight excluding hydrogens is 128 g/mol. The molecule has 0 radical (unpaired) electrons.